The number of hydrogen-bond donors (Lipinski definition) is 1. The van der Waals surface area contributed by atoms with Crippen molar-refractivity contribution in [1.82, 2.24) is 0 Å². The molecule has 1 N–H and O–H groups in total. The van der Waals surface area contributed by atoms with Crippen LogP contribution in [0.2, 0.25) is 0 Å². The predicted molar refractivity (Wildman–Crippen MR) is 63.4 cm³/mol. The highest BCUT2D eigenvalue weighted by Crippen LogP contribution is 2.35. The molecular formula is C11H11BrO4. The number of halogens is 1. The average molecular weight is 287 g/mol. The van der Waals surface area contributed by atoms with Crippen molar-refractivity contribution >= 4 is 28.0 Å². The van der Waals surface area contributed by atoms with Gasteiger partial charge in [0.05, 0.1) is 18.7 Å². The van der Waals surface area contributed by atoms with Crippen LogP contribution in [0.3, 0.4) is 0 Å². The van der Waals surface area contributed by atoms with E-state index in [1.165, 1.54) is 20.3 Å². The number of carbonyl (C=O) groups is 1. The first-order valence-corrected chi connectivity index (χ1v) is 5.20. The molecule has 0 amide bonds. The zero-order valence-electron chi connectivity index (χ0n) is 8.86. The Bertz CT molecular complexity index is 426. The van der Waals surface area contributed by atoms with Crippen LogP contribution in [0.1, 0.15) is 5.56 Å². The van der Waals surface area contributed by atoms with E-state index in [1.807, 2.05) is 0 Å². The summed E-state index contributed by atoms with van der Waals surface area (Å²) in [7, 11) is 2.76. The molecular weight excluding hydrogens is 276 g/mol. The van der Waals surface area contributed by atoms with E-state index in [9.17, 15) is 9.90 Å². The van der Waals surface area contributed by atoms with Gasteiger partial charge in [0, 0.05) is 6.08 Å². The highest BCUT2D eigenvalue weighted by molar-refractivity contribution is 9.10. The molecule has 0 heterocycles. The third kappa shape index (κ3) is 3.00. The van der Waals surface area contributed by atoms with Crippen LogP contribution in [0, 0.1) is 0 Å². The zero-order chi connectivity index (χ0) is 12.1. The fourth-order valence-electron chi connectivity index (χ4n) is 1.08. The van der Waals surface area contributed by atoms with E-state index >= 15 is 0 Å². The zero-order valence-corrected chi connectivity index (χ0v) is 10.4. The molecule has 0 aromatic heterocycles. The van der Waals surface area contributed by atoms with Crippen LogP contribution in [0.4, 0.5) is 0 Å². The number of phenols is 1. The Morgan fingerprint density at radius 2 is 2.12 bits per heavy atom. The second kappa shape index (κ2) is 5.55. The first kappa shape index (κ1) is 12.6. The Balaban J connectivity index is 3.03. The van der Waals surface area contributed by atoms with E-state index in [-0.39, 0.29) is 5.75 Å². The smallest absolute Gasteiger partial charge is 0.330 e. The molecule has 1 rings (SSSR count). The molecule has 0 aliphatic carbocycles. The van der Waals surface area contributed by atoms with Crippen molar-refractivity contribution in [1.29, 1.82) is 0 Å². The van der Waals surface area contributed by atoms with Gasteiger partial charge in [-0.05, 0) is 39.7 Å². The van der Waals surface area contributed by atoms with Gasteiger partial charge in [0.2, 0.25) is 0 Å². The SMILES string of the molecule is COC(=O)C=Cc1cc(Br)c(O)c(OC)c1. The molecule has 0 atom stereocenters. The van der Waals surface area contributed by atoms with Crippen LogP contribution in [0.5, 0.6) is 11.5 Å². The minimum atomic E-state index is -0.442. The lowest BCUT2D eigenvalue weighted by Crippen LogP contribution is -1.93. The molecule has 1 aromatic rings. The van der Waals surface area contributed by atoms with E-state index in [0.29, 0.717) is 15.8 Å². The highest BCUT2D eigenvalue weighted by atomic mass is 79.9. The first-order chi connectivity index (χ1) is 7.58. The highest BCUT2D eigenvalue weighted by Gasteiger charge is 2.07. The first-order valence-electron chi connectivity index (χ1n) is 4.41. The number of methoxy groups -OCH3 is 2. The van der Waals surface area contributed by atoms with Gasteiger partial charge >= 0.3 is 5.97 Å². The minimum absolute atomic E-state index is 0.0257. The van der Waals surface area contributed by atoms with Crippen molar-refractivity contribution in [2.75, 3.05) is 14.2 Å². The predicted octanol–water partition coefficient (Wildman–Crippen LogP) is 2.35. The van der Waals surface area contributed by atoms with E-state index < -0.39 is 5.97 Å². The van der Waals surface area contributed by atoms with Gasteiger partial charge in [-0.2, -0.15) is 0 Å². The molecule has 16 heavy (non-hydrogen) atoms. The number of hydrogen-bond acceptors (Lipinski definition) is 4. The fraction of sp³-hybridized carbons (Fsp3) is 0.182. The molecule has 0 aliphatic rings. The molecule has 0 aliphatic heterocycles. The Morgan fingerprint density at radius 1 is 1.44 bits per heavy atom. The van der Waals surface area contributed by atoms with Crippen molar-refractivity contribution < 1.29 is 19.4 Å². The number of ether oxygens (including phenoxy) is 2. The van der Waals surface area contributed by atoms with Crippen LogP contribution >= 0.6 is 15.9 Å². The van der Waals surface area contributed by atoms with Gasteiger partial charge in [-0.1, -0.05) is 0 Å². The number of rotatable bonds is 3. The molecule has 0 unspecified atom stereocenters. The van der Waals surface area contributed by atoms with Gasteiger partial charge in [0.1, 0.15) is 0 Å². The molecule has 86 valence electrons. The maximum absolute atomic E-state index is 10.9. The topological polar surface area (TPSA) is 55.8 Å². The van der Waals surface area contributed by atoms with E-state index in [0.717, 1.165) is 0 Å². The Kier molecular flexibility index (Phi) is 4.37. The monoisotopic (exact) mass is 286 g/mol. The summed E-state index contributed by atoms with van der Waals surface area (Å²) in [4.78, 5) is 10.9. The quantitative estimate of drug-likeness (QED) is 0.685. The third-order valence-electron chi connectivity index (χ3n) is 1.88. The summed E-state index contributed by atoms with van der Waals surface area (Å²) in [6.07, 6.45) is 2.86. The van der Waals surface area contributed by atoms with Crippen molar-refractivity contribution in [2.24, 2.45) is 0 Å². The van der Waals surface area contributed by atoms with Gasteiger partial charge in [-0.25, -0.2) is 4.79 Å². The number of carbonyl (C=O) groups excluding carboxylic acids is 1. The van der Waals surface area contributed by atoms with Crippen LogP contribution in [-0.4, -0.2) is 25.3 Å². The lowest BCUT2D eigenvalue weighted by atomic mass is 10.2. The van der Waals surface area contributed by atoms with Crippen LogP contribution in [0.25, 0.3) is 6.08 Å². The van der Waals surface area contributed by atoms with Gasteiger partial charge in [-0.3, -0.25) is 0 Å². The van der Waals surface area contributed by atoms with Gasteiger partial charge in [0.25, 0.3) is 0 Å². The number of phenolic OH excluding ortho intramolecular Hbond substituents is 1. The summed E-state index contributed by atoms with van der Waals surface area (Å²) in [5, 5.41) is 9.56. The van der Waals surface area contributed by atoms with Crippen LogP contribution < -0.4 is 4.74 Å². The van der Waals surface area contributed by atoms with E-state index in [4.69, 9.17) is 4.74 Å². The summed E-state index contributed by atoms with van der Waals surface area (Å²) in [5.41, 5.74) is 0.715. The summed E-state index contributed by atoms with van der Waals surface area (Å²) in [5.74, 6) is -0.0835. The van der Waals surface area contributed by atoms with Crippen molar-refractivity contribution in [3.05, 3.63) is 28.2 Å². The fourth-order valence-corrected chi connectivity index (χ4v) is 1.54. The second-order valence-electron chi connectivity index (χ2n) is 2.91. The van der Waals surface area contributed by atoms with E-state index in [1.54, 1.807) is 18.2 Å². The minimum Gasteiger partial charge on any atom is -0.503 e. The van der Waals surface area contributed by atoms with Gasteiger partial charge < -0.3 is 14.6 Å². The molecule has 0 spiro atoms. The molecule has 5 heteroatoms. The van der Waals surface area contributed by atoms with Gasteiger partial charge in [0.15, 0.2) is 11.5 Å². The van der Waals surface area contributed by atoms with E-state index in [2.05, 4.69) is 20.7 Å². The Morgan fingerprint density at radius 3 is 2.69 bits per heavy atom. The maximum Gasteiger partial charge on any atom is 0.330 e. The second-order valence-corrected chi connectivity index (χ2v) is 3.76. The van der Waals surface area contributed by atoms with Crippen molar-refractivity contribution in [3.63, 3.8) is 0 Å². The Hall–Kier alpha value is -1.49. The lowest BCUT2D eigenvalue weighted by molar-refractivity contribution is -0.134. The number of aromatic hydroxyl groups is 1. The lowest BCUT2D eigenvalue weighted by Gasteiger charge is -2.06. The summed E-state index contributed by atoms with van der Waals surface area (Å²) < 4.78 is 9.93. The van der Waals surface area contributed by atoms with Crippen LogP contribution in [0.15, 0.2) is 22.7 Å². The third-order valence-corrected chi connectivity index (χ3v) is 2.49. The van der Waals surface area contributed by atoms with Crippen molar-refractivity contribution in [3.8, 4) is 11.5 Å². The largest absolute Gasteiger partial charge is 0.503 e. The van der Waals surface area contributed by atoms with Crippen molar-refractivity contribution in [2.45, 2.75) is 0 Å². The summed E-state index contributed by atoms with van der Waals surface area (Å²) in [6.45, 7) is 0. The molecule has 0 saturated carbocycles. The Labute approximate surface area is 102 Å². The number of esters is 1. The summed E-state index contributed by atoms with van der Waals surface area (Å²) in [6, 6.07) is 3.27. The molecule has 0 saturated heterocycles. The summed E-state index contributed by atoms with van der Waals surface area (Å²) >= 11 is 3.18. The molecule has 1 aromatic carbocycles. The average Bonchev–Trinajstić information content (AvgIpc) is 2.29. The van der Waals surface area contributed by atoms with Gasteiger partial charge in [-0.15, -0.1) is 0 Å². The maximum atomic E-state index is 10.9. The standard InChI is InChI=1S/C11H11BrO4/c1-15-9-6-7(3-4-10(13)16-2)5-8(12)11(9)14/h3-6,14H,1-2H3. The molecule has 0 radical (unpaired) electrons. The molecule has 4 nitrogen and oxygen atoms in total. The normalized spacial score (nSPS) is 10.4. The van der Waals surface area contributed by atoms with Crippen LogP contribution in [-0.2, 0) is 9.53 Å². The molecule has 0 fully saturated rings. The molecule has 0 bridgehead atoms. The number of benzene rings is 1.